The van der Waals surface area contributed by atoms with Crippen LogP contribution in [0.25, 0.3) is 0 Å². The number of hydrogen-bond donors (Lipinski definition) is 2. The van der Waals surface area contributed by atoms with Crippen LogP contribution < -0.4 is 5.48 Å². The molecule has 0 unspecified atom stereocenters. The Balaban J connectivity index is 2.40. The number of likely N-dealkylation sites (tertiary alicyclic amines) is 1. The fourth-order valence-electron chi connectivity index (χ4n) is 2.56. The molecule has 0 bridgehead atoms. The van der Waals surface area contributed by atoms with E-state index in [4.69, 9.17) is 17.4 Å². The van der Waals surface area contributed by atoms with Gasteiger partial charge < -0.3 is 0 Å². The van der Waals surface area contributed by atoms with Crippen LogP contribution in [-0.4, -0.2) is 34.0 Å². The van der Waals surface area contributed by atoms with Gasteiger partial charge >= 0.3 is 0 Å². The maximum absolute atomic E-state index is 14.2. The number of halogens is 1. The average molecular weight is 296 g/mol. The van der Waals surface area contributed by atoms with E-state index in [1.165, 1.54) is 5.48 Å². The van der Waals surface area contributed by atoms with E-state index in [1.54, 1.807) is 13.0 Å². The summed E-state index contributed by atoms with van der Waals surface area (Å²) in [6.45, 7) is 4.17. The molecule has 2 rings (SSSR count). The Hall–Kier alpha value is -1.37. The highest BCUT2D eigenvalue weighted by atomic mass is 32.1. The summed E-state index contributed by atoms with van der Waals surface area (Å²) in [5.74, 6) is -1.24. The molecule has 1 saturated heterocycles. The Morgan fingerprint density at radius 3 is 2.65 bits per heavy atom. The molecule has 0 aliphatic carbocycles. The molecule has 0 spiro atoms. The molecule has 1 aromatic rings. The first-order chi connectivity index (χ1) is 9.52. The van der Waals surface area contributed by atoms with Crippen molar-refractivity contribution in [1.82, 2.24) is 10.4 Å². The van der Waals surface area contributed by atoms with Gasteiger partial charge in [-0.25, -0.2) is 9.87 Å². The third kappa shape index (κ3) is 3.20. The van der Waals surface area contributed by atoms with E-state index in [-0.39, 0.29) is 5.56 Å². The summed E-state index contributed by atoms with van der Waals surface area (Å²) < 4.78 is 14.2. The molecule has 1 heterocycles. The first kappa shape index (κ1) is 15.0. The van der Waals surface area contributed by atoms with Gasteiger partial charge in [-0.1, -0.05) is 12.2 Å². The number of benzene rings is 1. The van der Waals surface area contributed by atoms with Crippen molar-refractivity contribution in [3.8, 4) is 0 Å². The Labute approximate surface area is 122 Å². The predicted octanol–water partition coefficient (Wildman–Crippen LogP) is 2.28. The lowest BCUT2D eigenvalue weighted by Crippen LogP contribution is -2.23. The van der Waals surface area contributed by atoms with Crippen molar-refractivity contribution in [2.24, 2.45) is 0 Å². The molecule has 1 aromatic carbocycles. The molecule has 0 atom stereocenters. The number of nitrogens with zero attached hydrogens (tertiary/aromatic N) is 1. The highest BCUT2D eigenvalue weighted by molar-refractivity contribution is 7.80. The van der Waals surface area contributed by atoms with E-state index < -0.39 is 11.7 Å². The minimum absolute atomic E-state index is 0.0965. The fraction of sp³-hybridized carbons (Fsp3) is 0.429. The minimum Gasteiger partial charge on any atom is -0.299 e. The van der Waals surface area contributed by atoms with E-state index in [1.807, 2.05) is 0 Å². The first-order valence-corrected chi connectivity index (χ1v) is 6.94. The van der Waals surface area contributed by atoms with Crippen LogP contribution in [0.4, 0.5) is 4.39 Å². The zero-order chi connectivity index (χ0) is 14.7. The van der Waals surface area contributed by atoms with Gasteiger partial charge in [-0.05, 0) is 50.6 Å². The molecule has 1 amide bonds. The predicted molar refractivity (Wildman–Crippen MR) is 77.5 cm³/mol. The zero-order valence-corrected chi connectivity index (χ0v) is 12.1. The summed E-state index contributed by atoms with van der Waals surface area (Å²) in [5, 5.41) is 8.67. The number of nitrogens with one attached hydrogen (secondary N) is 1. The van der Waals surface area contributed by atoms with Gasteiger partial charge in [0.05, 0.1) is 0 Å². The van der Waals surface area contributed by atoms with Crippen LogP contribution >= 0.6 is 12.2 Å². The number of carbonyl (C=O) groups is 1. The summed E-state index contributed by atoms with van der Waals surface area (Å²) in [7, 11) is 0. The lowest BCUT2D eigenvalue weighted by atomic mass is 10.00. The van der Waals surface area contributed by atoms with Gasteiger partial charge in [-0.2, -0.15) is 0 Å². The van der Waals surface area contributed by atoms with Gasteiger partial charge in [-0.15, -0.1) is 0 Å². The number of hydrogen-bond acceptors (Lipinski definition) is 4. The molecule has 1 fully saturated rings. The van der Waals surface area contributed by atoms with Gasteiger partial charge in [0.2, 0.25) is 0 Å². The lowest BCUT2D eigenvalue weighted by molar-refractivity contribution is 0.0705. The summed E-state index contributed by atoms with van der Waals surface area (Å²) in [6.07, 6.45) is 2.26. The molecule has 20 heavy (non-hydrogen) atoms. The minimum atomic E-state index is -0.722. The molecule has 6 heteroatoms. The van der Waals surface area contributed by atoms with Crippen LogP contribution in [0.1, 0.15) is 41.3 Å². The Morgan fingerprint density at radius 1 is 1.45 bits per heavy atom. The number of thiocarbonyl (C=S) groups is 1. The normalized spacial score (nSPS) is 15.3. The fourth-order valence-corrected chi connectivity index (χ4v) is 2.79. The van der Waals surface area contributed by atoms with Crippen molar-refractivity contribution >= 4 is 23.0 Å². The standard InChI is InChI=1S/C14H17FN2O2S/c1-9(20)13-11(8-17-4-2-3-5-17)6-10(7-12(13)15)14(18)16-19/h6-7,19H,2-5,8H2,1H3,(H,16,18). The lowest BCUT2D eigenvalue weighted by Gasteiger charge is -2.18. The van der Waals surface area contributed by atoms with Crippen molar-refractivity contribution in [3.05, 3.63) is 34.6 Å². The van der Waals surface area contributed by atoms with E-state index in [0.29, 0.717) is 22.5 Å². The number of carbonyl (C=O) groups excluding carboxylic acids is 1. The van der Waals surface area contributed by atoms with Crippen LogP contribution in [0.3, 0.4) is 0 Å². The second-order valence-corrected chi connectivity index (χ2v) is 5.58. The van der Waals surface area contributed by atoms with Gasteiger partial charge in [0.25, 0.3) is 5.91 Å². The van der Waals surface area contributed by atoms with Crippen molar-refractivity contribution in [2.75, 3.05) is 13.1 Å². The molecule has 0 aromatic heterocycles. The van der Waals surface area contributed by atoms with Crippen LogP contribution in [0.5, 0.6) is 0 Å². The van der Waals surface area contributed by atoms with E-state index in [2.05, 4.69) is 4.90 Å². The Kier molecular flexibility index (Phi) is 4.80. The molecular formula is C14H17FN2O2S. The topological polar surface area (TPSA) is 52.6 Å². The largest absolute Gasteiger partial charge is 0.299 e. The van der Waals surface area contributed by atoms with Crippen LogP contribution in [0.15, 0.2) is 12.1 Å². The van der Waals surface area contributed by atoms with Crippen molar-refractivity contribution in [1.29, 1.82) is 0 Å². The Morgan fingerprint density at radius 2 is 2.10 bits per heavy atom. The second-order valence-electron chi connectivity index (χ2n) is 4.97. The van der Waals surface area contributed by atoms with Crippen LogP contribution in [-0.2, 0) is 6.54 Å². The van der Waals surface area contributed by atoms with Gasteiger partial charge in [0.15, 0.2) is 0 Å². The quantitative estimate of drug-likeness (QED) is 0.387. The molecule has 1 aliphatic heterocycles. The van der Waals surface area contributed by atoms with Crippen molar-refractivity contribution in [2.45, 2.75) is 26.3 Å². The van der Waals surface area contributed by atoms with E-state index >= 15 is 0 Å². The molecule has 1 aliphatic rings. The summed E-state index contributed by atoms with van der Waals surface area (Å²) >= 11 is 5.11. The molecule has 0 saturated carbocycles. The molecule has 0 radical (unpaired) electrons. The van der Waals surface area contributed by atoms with Crippen LogP contribution in [0, 0.1) is 5.82 Å². The number of amides is 1. The van der Waals surface area contributed by atoms with E-state index in [9.17, 15) is 9.18 Å². The number of hydroxylamine groups is 1. The zero-order valence-electron chi connectivity index (χ0n) is 11.3. The van der Waals surface area contributed by atoms with Gasteiger partial charge in [-0.3, -0.25) is 14.9 Å². The molecular weight excluding hydrogens is 279 g/mol. The van der Waals surface area contributed by atoms with Crippen LogP contribution in [0.2, 0.25) is 0 Å². The summed E-state index contributed by atoms with van der Waals surface area (Å²) in [6, 6.07) is 2.70. The van der Waals surface area contributed by atoms with Crippen molar-refractivity contribution in [3.63, 3.8) is 0 Å². The average Bonchev–Trinajstić information content (AvgIpc) is 2.89. The molecule has 108 valence electrons. The summed E-state index contributed by atoms with van der Waals surface area (Å²) in [5.41, 5.74) is 2.71. The monoisotopic (exact) mass is 296 g/mol. The van der Waals surface area contributed by atoms with Gasteiger partial charge in [0, 0.05) is 22.5 Å². The molecule has 4 nitrogen and oxygen atoms in total. The third-order valence-corrected chi connectivity index (χ3v) is 3.68. The number of rotatable bonds is 4. The highest BCUT2D eigenvalue weighted by Gasteiger charge is 2.19. The highest BCUT2D eigenvalue weighted by Crippen LogP contribution is 2.22. The van der Waals surface area contributed by atoms with Gasteiger partial charge in [0.1, 0.15) is 5.82 Å². The SMILES string of the molecule is CC(=S)c1c(F)cc(C(=O)NO)cc1CN1CCCC1. The van der Waals surface area contributed by atoms with Crippen molar-refractivity contribution < 1.29 is 14.4 Å². The smallest absolute Gasteiger partial charge is 0.274 e. The first-order valence-electron chi connectivity index (χ1n) is 6.53. The second kappa shape index (κ2) is 6.39. The van der Waals surface area contributed by atoms with E-state index in [0.717, 1.165) is 32.0 Å². The third-order valence-electron chi connectivity index (χ3n) is 3.48. The molecule has 2 N–H and O–H groups in total. The Bertz CT molecular complexity index is 542. The maximum atomic E-state index is 14.2. The summed E-state index contributed by atoms with van der Waals surface area (Å²) in [4.78, 5) is 14.1. The maximum Gasteiger partial charge on any atom is 0.274 e.